The minimum atomic E-state index is -0.842. The van der Waals surface area contributed by atoms with Gasteiger partial charge in [-0.15, -0.1) is 0 Å². The van der Waals surface area contributed by atoms with Crippen molar-refractivity contribution in [3.8, 4) is 0 Å². The number of nitrogens with one attached hydrogen (secondary N) is 1. The van der Waals surface area contributed by atoms with Gasteiger partial charge in [-0.2, -0.15) is 0 Å². The van der Waals surface area contributed by atoms with Gasteiger partial charge in [0.1, 0.15) is 5.54 Å². The predicted molar refractivity (Wildman–Crippen MR) is 85.9 cm³/mol. The lowest BCUT2D eigenvalue weighted by molar-refractivity contribution is -0.127. The van der Waals surface area contributed by atoms with Crippen LogP contribution in [-0.4, -0.2) is 37.6 Å². The van der Waals surface area contributed by atoms with E-state index in [0.29, 0.717) is 26.0 Å². The molecule has 1 N–H and O–H groups in total. The van der Waals surface area contributed by atoms with Crippen molar-refractivity contribution >= 4 is 17.5 Å². The van der Waals surface area contributed by atoms with Crippen molar-refractivity contribution in [2.75, 3.05) is 25.2 Å². The molecular formula is C17H24N2O3. The van der Waals surface area contributed by atoms with Crippen LogP contribution in [0.2, 0.25) is 0 Å². The molecule has 0 aliphatic carbocycles. The fourth-order valence-corrected chi connectivity index (χ4v) is 3.03. The van der Waals surface area contributed by atoms with Crippen LogP contribution < -0.4 is 10.2 Å². The van der Waals surface area contributed by atoms with Gasteiger partial charge in [-0.1, -0.05) is 6.07 Å². The second-order valence-corrected chi connectivity index (χ2v) is 6.10. The van der Waals surface area contributed by atoms with Crippen molar-refractivity contribution in [3.05, 3.63) is 29.3 Å². The number of nitrogens with zero attached hydrogens (tertiary/aromatic N) is 1. The van der Waals surface area contributed by atoms with Crippen molar-refractivity contribution in [2.45, 2.75) is 39.2 Å². The Kier molecular flexibility index (Phi) is 4.86. The number of carbonyl (C=O) groups is 2. The monoisotopic (exact) mass is 304 g/mol. The normalized spacial score (nSPS) is 21.3. The van der Waals surface area contributed by atoms with Crippen molar-refractivity contribution in [1.82, 2.24) is 5.32 Å². The highest BCUT2D eigenvalue weighted by Gasteiger charge is 2.48. The van der Waals surface area contributed by atoms with Gasteiger partial charge in [-0.05, 0) is 50.5 Å². The van der Waals surface area contributed by atoms with Crippen LogP contribution in [-0.2, 0) is 14.3 Å². The van der Waals surface area contributed by atoms with Crippen molar-refractivity contribution in [2.24, 2.45) is 0 Å². The summed E-state index contributed by atoms with van der Waals surface area (Å²) in [5, 5.41) is 2.86. The lowest BCUT2D eigenvalue weighted by atomic mass is 9.96. The maximum Gasteiger partial charge on any atom is 0.246 e. The van der Waals surface area contributed by atoms with Gasteiger partial charge in [0.15, 0.2) is 0 Å². The van der Waals surface area contributed by atoms with E-state index >= 15 is 0 Å². The Hall–Kier alpha value is -1.88. The van der Waals surface area contributed by atoms with Crippen molar-refractivity contribution in [1.29, 1.82) is 0 Å². The summed E-state index contributed by atoms with van der Waals surface area (Å²) in [5.41, 5.74) is 2.11. The van der Waals surface area contributed by atoms with Crippen LogP contribution in [0.1, 0.15) is 30.9 Å². The van der Waals surface area contributed by atoms with E-state index in [-0.39, 0.29) is 11.8 Å². The predicted octanol–water partition coefficient (Wildman–Crippen LogP) is 1.95. The number of hydrogen-bond donors (Lipinski definition) is 1. The van der Waals surface area contributed by atoms with Crippen LogP contribution in [0.15, 0.2) is 18.2 Å². The second kappa shape index (κ2) is 6.48. The number of benzene rings is 1. The number of anilines is 1. The Balaban J connectivity index is 2.30. The third-order valence-electron chi connectivity index (χ3n) is 4.11. The smallest absolute Gasteiger partial charge is 0.246 e. The molecule has 1 fully saturated rings. The summed E-state index contributed by atoms with van der Waals surface area (Å²) in [6, 6.07) is 5.97. The first kappa shape index (κ1) is 16.5. The highest BCUT2D eigenvalue weighted by molar-refractivity contribution is 6.06. The summed E-state index contributed by atoms with van der Waals surface area (Å²) in [6.07, 6.45) is 0.916. The molecule has 5 nitrogen and oxygen atoms in total. The summed E-state index contributed by atoms with van der Waals surface area (Å²) >= 11 is 0. The number of ether oxygens (including phenoxy) is 1. The molecule has 2 amide bonds. The Labute approximate surface area is 131 Å². The molecule has 120 valence electrons. The third kappa shape index (κ3) is 3.14. The van der Waals surface area contributed by atoms with Gasteiger partial charge in [0.2, 0.25) is 11.8 Å². The summed E-state index contributed by atoms with van der Waals surface area (Å²) in [7, 11) is 1.59. The van der Waals surface area contributed by atoms with Crippen LogP contribution >= 0.6 is 0 Å². The molecule has 1 heterocycles. The molecule has 0 spiro atoms. The van der Waals surface area contributed by atoms with E-state index in [4.69, 9.17) is 4.74 Å². The van der Waals surface area contributed by atoms with Crippen molar-refractivity contribution in [3.63, 3.8) is 0 Å². The van der Waals surface area contributed by atoms with Crippen LogP contribution in [0.5, 0.6) is 0 Å². The molecular weight excluding hydrogens is 280 g/mol. The zero-order valence-corrected chi connectivity index (χ0v) is 13.7. The first-order valence-corrected chi connectivity index (χ1v) is 7.57. The number of carbonyl (C=O) groups excluding carboxylic acids is 2. The fourth-order valence-electron chi connectivity index (χ4n) is 3.03. The topological polar surface area (TPSA) is 58.6 Å². The Morgan fingerprint density at radius 3 is 2.55 bits per heavy atom. The Morgan fingerprint density at radius 2 is 1.95 bits per heavy atom. The number of methoxy groups -OCH3 is 1. The molecule has 0 bridgehead atoms. The van der Waals surface area contributed by atoms with Gasteiger partial charge in [0.25, 0.3) is 0 Å². The average Bonchev–Trinajstić information content (AvgIpc) is 2.74. The maximum absolute atomic E-state index is 12.6. The second-order valence-electron chi connectivity index (χ2n) is 6.10. The molecule has 1 atom stereocenters. The summed E-state index contributed by atoms with van der Waals surface area (Å²) in [4.78, 5) is 26.6. The molecule has 1 aromatic carbocycles. The first-order chi connectivity index (χ1) is 10.4. The van der Waals surface area contributed by atoms with Gasteiger partial charge < -0.3 is 10.1 Å². The van der Waals surface area contributed by atoms with Crippen LogP contribution in [0.3, 0.4) is 0 Å². The van der Waals surface area contributed by atoms with E-state index in [2.05, 4.69) is 11.4 Å². The average molecular weight is 304 g/mol. The summed E-state index contributed by atoms with van der Waals surface area (Å²) in [5.74, 6) is -0.135. The van der Waals surface area contributed by atoms with Crippen molar-refractivity contribution < 1.29 is 14.3 Å². The third-order valence-corrected chi connectivity index (χ3v) is 4.11. The molecule has 0 saturated carbocycles. The maximum atomic E-state index is 12.6. The highest BCUT2D eigenvalue weighted by Crippen LogP contribution is 2.36. The van der Waals surface area contributed by atoms with E-state index in [1.807, 2.05) is 32.9 Å². The summed E-state index contributed by atoms with van der Waals surface area (Å²) < 4.78 is 4.96. The van der Waals surface area contributed by atoms with Crippen LogP contribution in [0.4, 0.5) is 5.69 Å². The Bertz CT molecular complexity index is 565. The molecule has 1 saturated heterocycles. The molecule has 2 rings (SSSR count). The van der Waals surface area contributed by atoms with E-state index in [1.165, 1.54) is 0 Å². The number of aryl methyl sites for hydroxylation is 2. The largest absolute Gasteiger partial charge is 0.383 e. The lowest BCUT2D eigenvalue weighted by Gasteiger charge is -2.34. The van der Waals surface area contributed by atoms with Gasteiger partial charge in [0.05, 0.1) is 6.61 Å². The zero-order valence-electron chi connectivity index (χ0n) is 13.7. The quantitative estimate of drug-likeness (QED) is 0.846. The highest BCUT2D eigenvalue weighted by atomic mass is 16.5. The van der Waals surface area contributed by atoms with Gasteiger partial charge >= 0.3 is 0 Å². The minimum absolute atomic E-state index is 0.00519. The van der Waals surface area contributed by atoms with Crippen LogP contribution in [0.25, 0.3) is 0 Å². The molecule has 0 unspecified atom stereocenters. The number of rotatable bonds is 5. The van der Waals surface area contributed by atoms with Crippen LogP contribution in [0, 0.1) is 13.8 Å². The van der Waals surface area contributed by atoms with E-state index in [0.717, 1.165) is 16.8 Å². The zero-order chi connectivity index (χ0) is 16.3. The molecule has 1 aliphatic heterocycles. The molecule has 5 heteroatoms. The standard InChI is InChI=1S/C17H24N2O3/c1-12-9-13(2)11-14(10-12)19-15(20)5-6-17(19,3)16(21)18-7-8-22-4/h9-11H,5-8H2,1-4H3,(H,18,21)/t17-/m1/s1. The molecule has 0 aromatic heterocycles. The SMILES string of the molecule is COCCNC(=O)[C@@]1(C)CCC(=O)N1c1cc(C)cc(C)c1. The first-order valence-electron chi connectivity index (χ1n) is 7.57. The van der Waals surface area contributed by atoms with Gasteiger partial charge in [-0.25, -0.2) is 0 Å². The van der Waals surface area contributed by atoms with E-state index < -0.39 is 5.54 Å². The fraction of sp³-hybridized carbons (Fsp3) is 0.529. The molecule has 0 radical (unpaired) electrons. The van der Waals surface area contributed by atoms with Gasteiger partial charge in [0, 0.05) is 25.8 Å². The lowest BCUT2D eigenvalue weighted by Crippen LogP contribution is -2.55. The van der Waals surface area contributed by atoms with Gasteiger partial charge in [-0.3, -0.25) is 14.5 Å². The van der Waals surface area contributed by atoms with E-state index in [9.17, 15) is 9.59 Å². The number of amides is 2. The Morgan fingerprint density at radius 1 is 1.32 bits per heavy atom. The molecule has 1 aliphatic rings. The molecule has 1 aromatic rings. The number of hydrogen-bond acceptors (Lipinski definition) is 3. The molecule has 22 heavy (non-hydrogen) atoms. The summed E-state index contributed by atoms with van der Waals surface area (Å²) in [6.45, 7) is 6.72. The van der Waals surface area contributed by atoms with E-state index in [1.54, 1.807) is 12.0 Å². The minimum Gasteiger partial charge on any atom is -0.383 e.